The van der Waals surface area contributed by atoms with Gasteiger partial charge in [0.15, 0.2) is 0 Å². The number of thiophene rings is 1. The summed E-state index contributed by atoms with van der Waals surface area (Å²) in [5, 5.41) is 2.13. The predicted molar refractivity (Wildman–Crippen MR) is 47.4 cm³/mol. The molecule has 0 atom stereocenters. The molecule has 0 bridgehead atoms. The van der Waals surface area contributed by atoms with Gasteiger partial charge in [-0.1, -0.05) is 0 Å². The van der Waals surface area contributed by atoms with E-state index in [9.17, 15) is 13.6 Å². The summed E-state index contributed by atoms with van der Waals surface area (Å²) in [5.41, 5.74) is 0. The van der Waals surface area contributed by atoms with Crippen molar-refractivity contribution >= 4 is 17.2 Å². The number of nitrogens with one attached hydrogen (secondary N) is 1. The Balaban J connectivity index is 2.49. The van der Waals surface area contributed by atoms with Gasteiger partial charge >= 0.3 is 0 Å². The Bertz CT molecular complexity index is 298. The fourth-order valence-electron chi connectivity index (χ4n) is 0.814. The van der Waals surface area contributed by atoms with E-state index in [0.29, 0.717) is 4.88 Å². The van der Waals surface area contributed by atoms with Crippen molar-refractivity contribution < 1.29 is 13.6 Å². The second kappa shape index (κ2) is 4.32. The van der Waals surface area contributed by atoms with Crippen molar-refractivity contribution in [2.24, 2.45) is 0 Å². The summed E-state index contributed by atoms with van der Waals surface area (Å²) in [7, 11) is 0. The first-order valence-electron chi connectivity index (χ1n) is 3.72. The van der Waals surface area contributed by atoms with Crippen LogP contribution in [0.2, 0.25) is 0 Å². The molecule has 0 aromatic carbocycles. The van der Waals surface area contributed by atoms with Crippen LogP contribution in [0.1, 0.15) is 14.5 Å². The van der Waals surface area contributed by atoms with Crippen LogP contribution in [-0.2, 0) is 0 Å². The zero-order chi connectivity index (χ0) is 9.84. The lowest BCUT2D eigenvalue weighted by atomic mass is 10.4. The zero-order valence-electron chi connectivity index (χ0n) is 7.01. The number of amides is 1. The number of carbonyl (C=O) groups excluding carboxylic acids is 1. The number of halogens is 2. The summed E-state index contributed by atoms with van der Waals surface area (Å²) in [6, 6.07) is 3.41. The summed E-state index contributed by atoms with van der Waals surface area (Å²) in [5.74, 6) is -0.432. The molecule has 5 heteroatoms. The number of aryl methyl sites for hydroxylation is 1. The summed E-state index contributed by atoms with van der Waals surface area (Å²) >= 11 is 1.29. The van der Waals surface area contributed by atoms with Gasteiger partial charge in [0.05, 0.1) is 11.4 Å². The highest BCUT2D eigenvalue weighted by atomic mass is 32.1. The van der Waals surface area contributed by atoms with Gasteiger partial charge in [-0.2, -0.15) is 0 Å². The minimum Gasteiger partial charge on any atom is -0.346 e. The molecule has 1 heterocycles. The van der Waals surface area contributed by atoms with Crippen LogP contribution >= 0.6 is 11.3 Å². The van der Waals surface area contributed by atoms with Crippen molar-refractivity contribution in [2.75, 3.05) is 6.54 Å². The van der Waals surface area contributed by atoms with Crippen LogP contribution in [0.15, 0.2) is 12.1 Å². The molecule has 72 valence electrons. The molecule has 0 aliphatic rings. The highest BCUT2D eigenvalue weighted by Gasteiger charge is 2.09. The summed E-state index contributed by atoms with van der Waals surface area (Å²) in [4.78, 5) is 12.6. The monoisotopic (exact) mass is 205 g/mol. The summed E-state index contributed by atoms with van der Waals surface area (Å²) in [6.45, 7) is 1.27. The average molecular weight is 205 g/mol. The van der Waals surface area contributed by atoms with E-state index in [1.807, 2.05) is 6.92 Å². The second-order valence-corrected chi connectivity index (χ2v) is 3.80. The Labute approximate surface area is 78.6 Å². The van der Waals surface area contributed by atoms with Gasteiger partial charge in [0.1, 0.15) is 0 Å². The van der Waals surface area contributed by atoms with Gasteiger partial charge in [0.2, 0.25) is 0 Å². The van der Waals surface area contributed by atoms with E-state index in [2.05, 4.69) is 5.32 Å². The number of hydrogen-bond donors (Lipinski definition) is 1. The highest BCUT2D eigenvalue weighted by Crippen LogP contribution is 2.14. The first-order chi connectivity index (χ1) is 6.09. The lowest BCUT2D eigenvalue weighted by molar-refractivity contribution is 0.0895. The van der Waals surface area contributed by atoms with E-state index in [0.717, 1.165) is 4.88 Å². The molecule has 0 aliphatic heterocycles. The van der Waals surface area contributed by atoms with Crippen molar-refractivity contribution in [2.45, 2.75) is 13.3 Å². The lowest BCUT2D eigenvalue weighted by Gasteiger charge is -2.00. The molecule has 0 aliphatic carbocycles. The Kier molecular flexibility index (Phi) is 3.36. The average Bonchev–Trinajstić information content (AvgIpc) is 2.47. The molecular weight excluding hydrogens is 196 g/mol. The fourth-order valence-corrected chi connectivity index (χ4v) is 1.60. The van der Waals surface area contributed by atoms with E-state index in [1.54, 1.807) is 12.1 Å². The second-order valence-electron chi connectivity index (χ2n) is 2.51. The molecule has 0 saturated carbocycles. The van der Waals surface area contributed by atoms with E-state index in [4.69, 9.17) is 0 Å². The van der Waals surface area contributed by atoms with Gasteiger partial charge < -0.3 is 5.32 Å². The van der Waals surface area contributed by atoms with Gasteiger partial charge in [0.25, 0.3) is 12.3 Å². The molecule has 0 fully saturated rings. The summed E-state index contributed by atoms with van der Waals surface area (Å²) in [6.07, 6.45) is -2.50. The SMILES string of the molecule is Cc1ccc(C(=O)NCC(F)F)s1. The minimum absolute atomic E-state index is 0.432. The minimum atomic E-state index is -2.50. The van der Waals surface area contributed by atoms with Crippen molar-refractivity contribution in [1.29, 1.82) is 0 Å². The van der Waals surface area contributed by atoms with Crippen LogP contribution in [0.4, 0.5) is 8.78 Å². The predicted octanol–water partition coefficient (Wildman–Crippen LogP) is 2.05. The van der Waals surface area contributed by atoms with E-state index in [-0.39, 0.29) is 0 Å². The zero-order valence-corrected chi connectivity index (χ0v) is 7.83. The molecule has 13 heavy (non-hydrogen) atoms. The van der Waals surface area contributed by atoms with Gasteiger partial charge in [-0.05, 0) is 19.1 Å². The van der Waals surface area contributed by atoms with Gasteiger partial charge in [-0.15, -0.1) is 11.3 Å². The molecule has 1 rings (SSSR count). The van der Waals surface area contributed by atoms with Crippen molar-refractivity contribution in [3.05, 3.63) is 21.9 Å². The van der Waals surface area contributed by atoms with Crippen LogP contribution in [0, 0.1) is 6.92 Å². The van der Waals surface area contributed by atoms with Gasteiger partial charge in [-0.25, -0.2) is 8.78 Å². The molecular formula is C8H9F2NOS. The molecule has 0 saturated heterocycles. The van der Waals surface area contributed by atoms with E-state index >= 15 is 0 Å². The van der Waals surface area contributed by atoms with Crippen LogP contribution in [0.5, 0.6) is 0 Å². The standard InChI is InChI=1S/C8H9F2NOS/c1-5-2-3-6(13-5)8(12)11-4-7(9)10/h2-3,7H,4H2,1H3,(H,11,12). The Morgan fingerprint density at radius 3 is 2.77 bits per heavy atom. The number of carbonyl (C=O) groups is 1. The van der Waals surface area contributed by atoms with Crippen LogP contribution < -0.4 is 5.32 Å². The number of rotatable bonds is 3. The largest absolute Gasteiger partial charge is 0.346 e. The van der Waals surface area contributed by atoms with Crippen molar-refractivity contribution in [3.63, 3.8) is 0 Å². The van der Waals surface area contributed by atoms with Gasteiger partial charge in [0, 0.05) is 4.88 Å². The van der Waals surface area contributed by atoms with Crippen molar-refractivity contribution in [1.82, 2.24) is 5.32 Å². The smallest absolute Gasteiger partial charge is 0.261 e. The fraction of sp³-hybridized carbons (Fsp3) is 0.375. The first kappa shape index (κ1) is 10.1. The first-order valence-corrected chi connectivity index (χ1v) is 4.54. The van der Waals surface area contributed by atoms with E-state index < -0.39 is 18.9 Å². The topological polar surface area (TPSA) is 29.1 Å². The Morgan fingerprint density at radius 1 is 1.62 bits per heavy atom. The molecule has 1 N–H and O–H groups in total. The molecule has 1 aromatic rings. The third-order valence-corrected chi connectivity index (χ3v) is 2.38. The molecule has 0 radical (unpaired) electrons. The third kappa shape index (κ3) is 3.10. The van der Waals surface area contributed by atoms with Crippen molar-refractivity contribution in [3.8, 4) is 0 Å². The third-order valence-electron chi connectivity index (χ3n) is 1.38. The quantitative estimate of drug-likeness (QED) is 0.804. The number of alkyl halides is 2. The molecule has 2 nitrogen and oxygen atoms in total. The highest BCUT2D eigenvalue weighted by molar-refractivity contribution is 7.13. The normalized spacial score (nSPS) is 10.5. The van der Waals surface area contributed by atoms with Crippen LogP contribution in [0.3, 0.4) is 0 Å². The van der Waals surface area contributed by atoms with Crippen LogP contribution in [0.25, 0.3) is 0 Å². The molecule has 0 spiro atoms. The Morgan fingerprint density at radius 2 is 2.31 bits per heavy atom. The van der Waals surface area contributed by atoms with Crippen LogP contribution in [-0.4, -0.2) is 18.9 Å². The molecule has 1 amide bonds. The summed E-state index contributed by atoms with van der Waals surface area (Å²) < 4.78 is 23.4. The lowest BCUT2D eigenvalue weighted by Crippen LogP contribution is -2.27. The molecule has 0 unspecified atom stereocenters. The van der Waals surface area contributed by atoms with E-state index in [1.165, 1.54) is 11.3 Å². The molecule has 1 aromatic heterocycles. The Hall–Kier alpha value is -0.970. The maximum atomic E-state index is 11.7. The van der Waals surface area contributed by atoms with Gasteiger partial charge in [-0.3, -0.25) is 4.79 Å². The maximum absolute atomic E-state index is 11.7. The maximum Gasteiger partial charge on any atom is 0.261 e. The number of hydrogen-bond acceptors (Lipinski definition) is 2.